The highest BCUT2D eigenvalue weighted by molar-refractivity contribution is 5.85. The zero-order valence-corrected chi connectivity index (χ0v) is 10.2. The van der Waals surface area contributed by atoms with Crippen LogP contribution in [0.25, 0.3) is 0 Å². The number of allylic oxidation sites excluding steroid dienone is 5. The summed E-state index contributed by atoms with van der Waals surface area (Å²) in [6.45, 7) is 3.89. The van der Waals surface area contributed by atoms with E-state index in [2.05, 4.69) is 30.9 Å². The maximum atomic E-state index is 12.6. The lowest BCUT2D eigenvalue weighted by molar-refractivity contribution is -0.128. The second-order valence-corrected chi connectivity index (χ2v) is 5.74. The SMILES string of the molecule is C=C[C@@H]1CC=CC[C@@H]1C(=O)[C@H]1C[C@H]2C=C[C@@H]1C2. The van der Waals surface area contributed by atoms with Crippen LogP contribution in [0.15, 0.2) is 37.0 Å². The number of carbonyl (C=O) groups is 1. The Kier molecular flexibility index (Phi) is 2.78. The van der Waals surface area contributed by atoms with Gasteiger partial charge in [-0.2, -0.15) is 0 Å². The van der Waals surface area contributed by atoms with E-state index in [1.54, 1.807) is 0 Å². The number of fused-ring (bicyclic) bond motifs is 2. The molecule has 1 heteroatoms. The fourth-order valence-electron chi connectivity index (χ4n) is 3.81. The quantitative estimate of drug-likeness (QED) is 0.675. The van der Waals surface area contributed by atoms with Gasteiger partial charge in [0.2, 0.25) is 0 Å². The van der Waals surface area contributed by atoms with Crippen molar-refractivity contribution in [3.8, 4) is 0 Å². The summed E-state index contributed by atoms with van der Waals surface area (Å²) in [4.78, 5) is 12.6. The van der Waals surface area contributed by atoms with Gasteiger partial charge < -0.3 is 0 Å². The standard InChI is InChI=1S/C16H20O/c1-2-12-5-3-4-6-14(12)16(17)15-10-11-7-8-13(15)9-11/h2-4,7-8,11-15H,1,5-6,9-10H2/t11-,12+,13+,14-,15-/m0/s1. The van der Waals surface area contributed by atoms with E-state index in [4.69, 9.17) is 0 Å². The molecule has 0 N–H and O–H groups in total. The van der Waals surface area contributed by atoms with Crippen molar-refractivity contribution in [2.24, 2.45) is 29.6 Å². The van der Waals surface area contributed by atoms with Crippen molar-refractivity contribution in [3.05, 3.63) is 37.0 Å². The van der Waals surface area contributed by atoms with Gasteiger partial charge in [0.05, 0.1) is 0 Å². The van der Waals surface area contributed by atoms with Gasteiger partial charge in [-0.05, 0) is 43.4 Å². The van der Waals surface area contributed by atoms with Crippen LogP contribution < -0.4 is 0 Å². The number of hydrogen-bond donors (Lipinski definition) is 0. The highest BCUT2D eigenvalue weighted by atomic mass is 16.1. The molecule has 1 fully saturated rings. The Morgan fingerprint density at radius 2 is 1.94 bits per heavy atom. The molecule has 17 heavy (non-hydrogen) atoms. The Bertz CT molecular complexity index is 390. The minimum atomic E-state index is 0.204. The summed E-state index contributed by atoms with van der Waals surface area (Å²) in [6, 6.07) is 0. The van der Waals surface area contributed by atoms with Crippen LogP contribution in [-0.2, 0) is 4.79 Å². The van der Waals surface area contributed by atoms with E-state index >= 15 is 0 Å². The first-order chi connectivity index (χ1) is 8.29. The molecule has 0 amide bonds. The van der Waals surface area contributed by atoms with Crippen molar-refractivity contribution in [3.63, 3.8) is 0 Å². The van der Waals surface area contributed by atoms with E-state index in [-0.39, 0.29) is 5.92 Å². The number of rotatable bonds is 3. The molecule has 1 saturated carbocycles. The first kappa shape index (κ1) is 11.0. The topological polar surface area (TPSA) is 17.1 Å². The zero-order chi connectivity index (χ0) is 11.8. The van der Waals surface area contributed by atoms with E-state index in [1.807, 2.05) is 6.08 Å². The highest BCUT2D eigenvalue weighted by Gasteiger charge is 2.42. The molecule has 3 aliphatic rings. The third-order valence-corrected chi connectivity index (χ3v) is 4.79. The third kappa shape index (κ3) is 1.82. The average molecular weight is 228 g/mol. The molecule has 0 radical (unpaired) electrons. The van der Waals surface area contributed by atoms with Crippen LogP contribution in [0.2, 0.25) is 0 Å². The van der Waals surface area contributed by atoms with E-state index in [9.17, 15) is 4.79 Å². The lowest BCUT2D eigenvalue weighted by Gasteiger charge is -2.29. The monoisotopic (exact) mass is 228 g/mol. The van der Waals surface area contributed by atoms with Gasteiger partial charge in [-0.25, -0.2) is 0 Å². The Labute approximate surface area is 103 Å². The molecule has 0 aromatic heterocycles. The fourth-order valence-corrected chi connectivity index (χ4v) is 3.81. The summed E-state index contributed by atoms with van der Waals surface area (Å²) < 4.78 is 0. The molecule has 90 valence electrons. The van der Waals surface area contributed by atoms with Crippen molar-refractivity contribution in [1.82, 2.24) is 0 Å². The summed E-state index contributed by atoms with van der Waals surface area (Å²) in [5.41, 5.74) is 0. The van der Waals surface area contributed by atoms with Crippen molar-refractivity contribution in [1.29, 1.82) is 0 Å². The predicted molar refractivity (Wildman–Crippen MR) is 69.4 cm³/mol. The molecular weight excluding hydrogens is 208 g/mol. The normalized spacial score (nSPS) is 42.9. The molecule has 1 nitrogen and oxygen atoms in total. The van der Waals surface area contributed by atoms with Gasteiger partial charge in [0.25, 0.3) is 0 Å². The van der Waals surface area contributed by atoms with E-state index in [1.165, 1.54) is 6.42 Å². The summed E-state index contributed by atoms with van der Waals surface area (Å²) >= 11 is 0. The van der Waals surface area contributed by atoms with Crippen LogP contribution in [0.4, 0.5) is 0 Å². The van der Waals surface area contributed by atoms with Crippen LogP contribution in [0.3, 0.4) is 0 Å². The Morgan fingerprint density at radius 3 is 2.59 bits per heavy atom. The van der Waals surface area contributed by atoms with Gasteiger partial charge >= 0.3 is 0 Å². The lowest BCUT2D eigenvalue weighted by Crippen LogP contribution is -2.31. The first-order valence-corrected chi connectivity index (χ1v) is 6.79. The predicted octanol–water partition coefficient (Wildman–Crippen LogP) is 3.54. The molecule has 0 aliphatic heterocycles. The van der Waals surface area contributed by atoms with Gasteiger partial charge in [-0.3, -0.25) is 4.79 Å². The van der Waals surface area contributed by atoms with E-state index < -0.39 is 0 Å². The van der Waals surface area contributed by atoms with Crippen molar-refractivity contribution in [2.75, 3.05) is 0 Å². The Hall–Kier alpha value is -1.11. The smallest absolute Gasteiger partial charge is 0.140 e. The second-order valence-electron chi connectivity index (χ2n) is 5.74. The van der Waals surface area contributed by atoms with E-state index in [0.29, 0.717) is 29.5 Å². The van der Waals surface area contributed by atoms with Gasteiger partial charge in [0.15, 0.2) is 0 Å². The van der Waals surface area contributed by atoms with E-state index in [0.717, 1.165) is 19.3 Å². The molecule has 0 saturated heterocycles. The van der Waals surface area contributed by atoms with Crippen molar-refractivity contribution < 1.29 is 4.79 Å². The molecule has 5 atom stereocenters. The number of ketones is 1. The second kappa shape index (κ2) is 4.29. The van der Waals surface area contributed by atoms with Crippen LogP contribution in [0.1, 0.15) is 25.7 Å². The Balaban J connectivity index is 1.75. The summed E-state index contributed by atoms with van der Waals surface area (Å²) in [5, 5.41) is 0. The van der Waals surface area contributed by atoms with Crippen LogP contribution >= 0.6 is 0 Å². The average Bonchev–Trinajstić information content (AvgIpc) is 3.00. The van der Waals surface area contributed by atoms with Gasteiger partial charge in [0, 0.05) is 11.8 Å². The lowest BCUT2D eigenvalue weighted by atomic mass is 9.74. The van der Waals surface area contributed by atoms with Crippen LogP contribution in [0, 0.1) is 29.6 Å². The van der Waals surface area contributed by atoms with Crippen molar-refractivity contribution in [2.45, 2.75) is 25.7 Å². The largest absolute Gasteiger partial charge is 0.299 e. The van der Waals surface area contributed by atoms with Gasteiger partial charge in [0.1, 0.15) is 5.78 Å². The molecule has 0 heterocycles. The molecule has 2 bridgehead atoms. The third-order valence-electron chi connectivity index (χ3n) is 4.79. The zero-order valence-electron chi connectivity index (χ0n) is 10.2. The highest BCUT2D eigenvalue weighted by Crippen LogP contribution is 2.46. The number of hydrogen-bond acceptors (Lipinski definition) is 1. The van der Waals surface area contributed by atoms with Crippen LogP contribution in [-0.4, -0.2) is 5.78 Å². The molecular formula is C16H20O. The molecule has 0 aromatic rings. The number of Topliss-reactive ketones (excluding diaryl/α,β-unsaturated/α-hetero) is 1. The van der Waals surface area contributed by atoms with Crippen LogP contribution in [0.5, 0.6) is 0 Å². The van der Waals surface area contributed by atoms with Gasteiger partial charge in [-0.1, -0.05) is 30.4 Å². The molecule has 0 aromatic carbocycles. The summed E-state index contributed by atoms with van der Waals surface area (Å²) in [7, 11) is 0. The first-order valence-electron chi connectivity index (χ1n) is 6.79. The summed E-state index contributed by atoms with van der Waals surface area (Å²) in [5.74, 6) is 2.63. The summed E-state index contributed by atoms with van der Waals surface area (Å²) in [6.07, 6.45) is 15.2. The molecule has 3 rings (SSSR count). The minimum absolute atomic E-state index is 0.204. The molecule has 0 spiro atoms. The fraction of sp³-hybridized carbons (Fsp3) is 0.562. The molecule has 3 aliphatic carbocycles. The maximum absolute atomic E-state index is 12.6. The minimum Gasteiger partial charge on any atom is -0.299 e. The maximum Gasteiger partial charge on any atom is 0.140 e. The van der Waals surface area contributed by atoms with Gasteiger partial charge in [-0.15, -0.1) is 6.58 Å². The van der Waals surface area contributed by atoms with Crippen molar-refractivity contribution >= 4 is 5.78 Å². The number of carbonyl (C=O) groups excluding carboxylic acids is 1. The Morgan fingerprint density at radius 1 is 1.12 bits per heavy atom. The molecule has 0 unspecified atom stereocenters.